The maximum absolute atomic E-state index is 12.1. The van der Waals surface area contributed by atoms with Gasteiger partial charge in [-0.15, -0.1) is 6.58 Å². The third-order valence-corrected chi connectivity index (χ3v) is 3.65. The first kappa shape index (κ1) is 16.7. The van der Waals surface area contributed by atoms with E-state index in [0.29, 0.717) is 13.0 Å². The Morgan fingerprint density at radius 1 is 1.00 bits per heavy atom. The minimum atomic E-state index is -0.241. The van der Waals surface area contributed by atoms with E-state index in [1.807, 2.05) is 60.7 Å². The van der Waals surface area contributed by atoms with Crippen LogP contribution in [0.3, 0.4) is 0 Å². The minimum Gasteiger partial charge on any atom is -0.352 e. The Balaban J connectivity index is 1.81. The molecule has 1 atom stereocenters. The van der Waals surface area contributed by atoms with Crippen molar-refractivity contribution >= 4 is 11.7 Å². The highest BCUT2D eigenvalue weighted by molar-refractivity contribution is 5.98. The predicted octanol–water partition coefficient (Wildman–Crippen LogP) is 3.62. The van der Waals surface area contributed by atoms with Gasteiger partial charge in [-0.2, -0.15) is 0 Å². The SMILES string of the molecule is C=C[C@H](CC(=O)CC(=O)NCc1ccccc1)c1ccccc1. The number of carbonyl (C=O) groups is 2. The van der Waals surface area contributed by atoms with E-state index in [0.717, 1.165) is 11.1 Å². The lowest BCUT2D eigenvalue weighted by Crippen LogP contribution is -2.25. The number of hydrogen-bond acceptors (Lipinski definition) is 2. The molecule has 118 valence electrons. The molecule has 0 unspecified atom stereocenters. The highest BCUT2D eigenvalue weighted by Crippen LogP contribution is 2.21. The smallest absolute Gasteiger partial charge is 0.227 e. The molecule has 3 nitrogen and oxygen atoms in total. The van der Waals surface area contributed by atoms with Crippen LogP contribution in [0.2, 0.25) is 0 Å². The average molecular weight is 307 g/mol. The Morgan fingerprint density at radius 3 is 2.22 bits per heavy atom. The van der Waals surface area contributed by atoms with Gasteiger partial charge >= 0.3 is 0 Å². The summed E-state index contributed by atoms with van der Waals surface area (Å²) in [5, 5.41) is 2.78. The van der Waals surface area contributed by atoms with Crippen molar-refractivity contribution in [2.24, 2.45) is 0 Å². The first-order valence-corrected chi connectivity index (χ1v) is 7.69. The molecule has 0 aliphatic heterocycles. The number of nitrogens with one attached hydrogen (secondary N) is 1. The number of hydrogen-bond donors (Lipinski definition) is 1. The van der Waals surface area contributed by atoms with Crippen LogP contribution in [-0.2, 0) is 16.1 Å². The molecule has 0 aliphatic carbocycles. The molecule has 0 radical (unpaired) electrons. The van der Waals surface area contributed by atoms with E-state index in [-0.39, 0.29) is 24.0 Å². The standard InChI is InChI=1S/C20H21NO2/c1-2-17(18-11-7-4-8-12-18)13-19(22)14-20(23)21-15-16-9-5-3-6-10-16/h2-12,17H,1,13-15H2,(H,21,23)/t17-/m1/s1. The first-order chi connectivity index (χ1) is 11.2. The third-order valence-electron chi connectivity index (χ3n) is 3.65. The molecule has 0 aliphatic rings. The number of benzene rings is 2. The van der Waals surface area contributed by atoms with Crippen LogP contribution in [0.5, 0.6) is 0 Å². The summed E-state index contributed by atoms with van der Waals surface area (Å²) < 4.78 is 0. The van der Waals surface area contributed by atoms with Crippen molar-refractivity contribution in [2.75, 3.05) is 0 Å². The van der Waals surface area contributed by atoms with Gasteiger partial charge in [0.1, 0.15) is 5.78 Å². The topological polar surface area (TPSA) is 46.2 Å². The van der Waals surface area contributed by atoms with Crippen molar-refractivity contribution in [1.29, 1.82) is 0 Å². The van der Waals surface area contributed by atoms with Crippen molar-refractivity contribution in [3.05, 3.63) is 84.4 Å². The molecule has 3 heteroatoms. The summed E-state index contributed by atoms with van der Waals surface area (Å²) in [6.45, 7) is 4.23. The van der Waals surface area contributed by atoms with Gasteiger partial charge < -0.3 is 5.32 Å². The highest BCUT2D eigenvalue weighted by Gasteiger charge is 2.15. The molecule has 1 amide bonds. The molecule has 0 saturated carbocycles. The van der Waals surface area contributed by atoms with Crippen molar-refractivity contribution < 1.29 is 9.59 Å². The summed E-state index contributed by atoms with van der Waals surface area (Å²) >= 11 is 0. The normalized spacial score (nSPS) is 11.5. The lowest BCUT2D eigenvalue weighted by Gasteiger charge is -2.12. The number of allylic oxidation sites excluding steroid dienone is 1. The zero-order valence-electron chi connectivity index (χ0n) is 13.1. The second-order valence-corrected chi connectivity index (χ2v) is 5.43. The summed E-state index contributed by atoms with van der Waals surface area (Å²) in [7, 11) is 0. The van der Waals surface area contributed by atoms with Crippen LogP contribution in [0.1, 0.15) is 29.9 Å². The number of Topliss-reactive ketones (excluding diaryl/α,β-unsaturated/α-hetero) is 1. The largest absolute Gasteiger partial charge is 0.352 e. The monoisotopic (exact) mass is 307 g/mol. The zero-order valence-corrected chi connectivity index (χ0v) is 13.1. The Labute approximate surface area is 137 Å². The lowest BCUT2D eigenvalue weighted by atomic mass is 9.93. The minimum absolute atomic E-state index is 0.0503. The summed E-state index contributed by atoms with van der Waals surface area (Å²) in [5.41, 5.74) is 2.06. The van der Waals surface area contributed by atoms with Crippen molar-refractivity contribution in [3.8, 4) is 0 Å². The van der Waals surface area contributed by atoms with Crippen LogP contribution in [0, 0.1) is 0 Å². The number of ketones is 1. The molecular weight excluding hydrogens is 286 g/mol. The van der Waals surface area contributed by atoms with E-state index in [1.165, 1.54) is 0 Å². The summed E-state index contributed by atoms with van der Waals surface area (Å²) in [4.78, 5) is 24.0. The predicted molar refractivity (Wildman–Crippen MR) is 91.9 cm³/mol. The van der Waals surface area contributed by atoms with Gasteiger partial charge in [0, 0.05) is 18.9 Å². The van der Waals surface area contributed by atoms with Gasteiger partial charge in [0.2, 0.25) is 5.91 Å². The van der Waals surface area contributed by atoms with Crippen LogP contribution in [0.25, 0.3) is 0 Å². The maximum Gasteiger partial charge on any atom is 0.227 e. The third kappa shape index (κ3) is 5.55. The fourth-order valence-corrected chi connectivity index (χ4v) is 2.39. The lowest BCUT2D eigenvalue weighted by molar-refractivity contribution is -0.128. The molecule has 2 rings (SSSR count). The van der Waals surface area contributed by atoms with E-state index >= 15 is 0 Å². The highest BCUT2D eigenvalue weighted by atomic mass is 16.2. The average Bonchev–Trinajstić information content (AvgIpc) is 2.59. The molecule has 2 aromatic rings. The summed E-state index contributed by atoms with van der Waals surface area (Å²) in [5.74, 6) is -0.371. The van der Waals surface area contributed by atoms with Gasteiger partial charge in [-0.05, 0) is 11.1 Å². The fraction of sp³-hybridized carbons (Fsp3) is 0.200. The quantitative estimate of drug-likeness (QED) is 0.598. The first-order valence-electron chi connectivity index (χ1n) is 7.69. The molecule has 0 spiro atoms. The summed E-state index contributed by atoms with van der Waals surface area (Å²) in [6.07, 6.45) is 1.96. The zero-order chi connectivity index (χ0) is 16.5. The van der Waals surface area contributed by atoms with Crippen LogP contribution in [-0.4, -0.2) is 11.7 Å². The van der Waals surface area contributed by atoms with Crippen molar-refractivity contribution in [2.45, 2.75) is 25.3 Å². The van der Waals surface area contributed by atoms with Gasteiger partial charge in [0.05, 0.1) is 6.42 Å². The fourth-order valence-electron chi connectivity index (χ4n) is 2.39. The second-order valence-electron chi connectivity index (χ2n) is 5.43. The Bertz CT molecular complexity index is 650. The molecule has 0 bridgehead atoms. The van der Waals surface area contributed by atoms with Gasteiger partial charge in [0.25, 0.3) is 0 Å². The Kier molecular flexibility index (Phi) is 6.30. The van der Waals surface area contributed by atoms with E-state index in [2.05, 4.69) is 11.9 Å². The maximum atomic E-state index is 12.1. The van der Waals surface area contributed by atoms with Crippen LogP contribution >= 0.6 is 0 Å². The molecule has 23 heavy (non-hydrogen) atoms. The van der Waals surface area contributed by atoms with E-state index in [4.69, 9.17) is 0 Å². The number of carbonyl (C=O) groups excluding carboxylic acids is 2. The molecule has 0 heterocycles. The number of rotatable bonds is 8. The van der Waals surface area contributed by atoms with Crippen molar-refractivity contribution in [3.63, 3.8) is 0 Å². The summed E-state index contributed by atoms with van der Waals surface area (Å²) in [6, 6.07) is 19.4. The van der Waals surface area contributed by atoms with Crippen LogP contribution < -0.4 is 5.32 Å². The van der Waals surface area contributed by atoms with Gasteiger partial charge in [-0.25, -0.2) is 0 Å². The van der Waals surface area contributed by atoms with E-state index in [1.54, 1.807) is 6.08 Å². The molecular formula is C20H21NO2. The molecule has 0 saturated heterocycles. The Hall–Kier alpha value is -2.68. The van der Waals surface area contributed by atoms with Gasteiger partial charge in [0.15, 0.2) is 0 Å². The van der Waals surface area contributed by atoms with E-state index in [9.17, 15) is 9.59 Å². The molecule has 1 N–H and O–H groups in total. The van der Waals surface area contributed by atoms with E-state index < -0.39 is 0 Å². The Morgan fingerprint density at radius 2 is 1.61 bits per heavy atom. The molecule has 0 fully saturated rings. The van der Waals surface area contributed by atoms with Gasteiger partial charge in [-0.1, -0.05) is 66.7 Å². The number of amides is 1. The molecule has 0 aromatic heterocycles. The van der Waals surface area contributed by atoms with Crippen LogP contribution in [0.15, 0.2) is 73.3 Å². The van der Waals surface area contributed by atoms with Crippen LogP contribution in [0.4, 0.5) is 0 Å². The van der Waals surface area contributed by atoms with Crippen molar-refractivity contribution in [1.82, 2.24) is 5.32 Å². The van der Waals surface area contributed by atoms with Gasteiger partial charge in [-0.3, -0.25) is 9.59 Å². The second kappa shape index (κ2) is 8.69. The molecule has 2 aromatic carbocycles.